The Kier molecular flexibility index (Phi) is 6.65. The maximum Gasteiger partial charge on any atom is 0.193 e. The predicted octanol–water partition coefficient (Wildman–Crippen LogP) is 2.37. The lowest BCUT2D eigenvalue weighted by Gasteiger charge is -2.22. The van der Waals surface area contributed by atoms with Gasteiger partial charge in [0.25, 0.3) is 0 Å². The van der Waals surface area contributed by atoms with Gasteiger partial charge < -0.3 is 10.2 Å². The molecular formula is C14H23N3S. The van der Waals surface area contributed by atoms with E-state index in [1.165, 1.54) is 11.1 Å². The van der Waals surface area contributed by atoms with E-state index in [1.54, 1.807) is 0 Å². The Hall–Kier alpha value is -1.16. The van der Waals surface area contributed by atoms with Crippen molar-refractivity contribution in [3.8, 4) is 0 Å². The van der Waals surface area contributed by atoms with Crippen LogP contribution in [0.3, 0.4) is 0 Å². The van der Waals surface area contributed by atoms with Gasteiger partial charge in [-0.25, -0.2) is 0 Å². The topological polar surface area (TPSA) is 27.6 Å². The van der Waals surface area contributed by atoms with Gasteiger partial charge in [-0.05, 0) is 24.3 Å². The van der Waals surface area contributed by atoms with Crippen LogP contribution in [0.1, 0.15) is 11.1 Å². The molecule has 0 radical (unpaired) electrons. The van der Waals surface area contributed by atoms with Crippen LogP contribution in [0.2, 0.25) is 0 Å². The highest BCUT2D eigenvalue weighted by Gasteiger charge is 2.07. The molecule has 0 fully saturated rings. The van der Waals surface area contributed by atoms with Gasteiger partial charge in [-0.15, -0.1) is 0 Å². The Bertz CT molecular complexity index is 390. The van der Waals surface area contributed by atoms with Crippen LogP contribution in [-0.2, 0) is 6.54 Å². The van der Waals surface area contributed by atoms with E-state index in [9.17, 15) is 0 Å². The molecule has 0 spiro atoms. The van der Waals surface area contributed by atoms with E-state index in [1.807, 2.05) is 18.8 Å². The lowest BCUT2D eigenvalue weighted by atomic mass is 10.1. The fourth-order valence-electron chi connectivity index (χ4n) is 1.77. The molecule has 0 heterocycles. The van der Waals surface area contributed by atoms with Crippen LogP contribution in [0.4, 0.5) is 0 Å². The third-order valence-corrected chi connectivity index (χ3v) is 3.44. The molecule has 0 amide bonds. The summed E-state index contributed by atoms with van der Waals surface area (Å²) in [6, 6.07) is 8.47. The quantitative estimate of drug-likeness (QED) is 0.503. The Balaban J connectivity index is 2.58. The summed E-state index contributed by atoms with van der Waals surface area (Å²) in [5.74, 6) is 2.05. The van der Waals surface area contributed by atoms with Crippen molar-refractivity contribution >= 4 is 17.7 Å². The molecule has 1 aromatic rings. The number of nitrogens with zero attached hydrogens (tertiary/aromatic N) is 2. The number of benzene rings is 1. The number of hydrogen-bond donors (Lipinski definition) is 1. The standard InChI is InChI=1S/C14H23N3S/c1-12-7-5-6-8-13(12)11-17(3)14(15-2)16-9-10-18-4/h5-8H,9-11H2,1-4H3,(H,15,16). The molecule has 18 heavy (non-hydrogen) atoms. The number of aryl methyl sites for hydroxylation is 1. The van der Waals surface area contributed by atoms with E-state index < -0.39 is 0 Å². The fourth-order valence-corrected chi connectivity index (χ4v) is 2.07. The Morgan fingerprint density at radius 1 is 1.39 bits per heavy atom. The Morgan fingerprint density at radius 2 is 2.11 bits per heavy atom. The number of thioether (sulfide) groups is 1. The van der Waals surface area contributed by atoms with Crippen LogP contribution in [0.15, 0.2) is 29.3 Å². The molecule has 1 N–H and O–H groups in total. The van der Waals surface area contributed by atoms with Crippen molar-refractivity contribution in [1.82, 2.24) is 10.2 Å². The first-order valence-electron chi connectivity index (χ1n) is 6.14. The maximum atomic E-state index is 4.31. The van der Waals surface area contributed by atoms with E-state index in [-0.39, 0.29) is 0 Å². The summed E-state index contributed by atoms with van der Waals surface area (Å²) in [4.78, 5) is 6.46. The van der Waals surface area contributed by atoms with Gasteiger partial charge in [0.15, 0.2) is 5.96 Å². The van der Waals surface area contributed by atoms with Gasteiger partial charge in [0.1, 0.15) is 0 Å². The molecule has 0 unspecified atom stereocenters. The highest BCUT2D eigenvalue weighted by Crippen LogP contribution is 2.09. The minimum Gasteiger partial charge on any atom is -0.355 e. The summed E-state index contributed by atoms with van der Waals surface area (Å²) in [6.45, 7) is 3.98. The zero-order chi connectivity index (χ0) is 13.4. The normalized spacial score (nSPS) is 11.4. The number of hydrogen-bond acceptors (Lipinski definition) is 2. The zero-order valence-electron chi connectivity index (χ0n) is 11.7. The Labute approximate surface area is 115 Å². The van der Waals surface area contributed by atoms with Crippen LogP contribution >= 0.6 is 11.8 Å². The lowest BCUT2D eigenvalue weighted by Crippen LogP contribution is -2.39. The van der Waals surface area contributed by atoms with E-state index in [0.29, 0.717) is 0 Å². The average molecular weight is 265 g/mol. The highest BCUT2D eigenvalue weighted by atomic mass is 32.2. The van der Waals surface area contributed by atoms with E-state index in [2.05, 4.69) is 59.7 Å². The third kappa shape index (κ3) is 4.61. The van der Waals surface area contributed by atoms with E-state index in [4.69, 9.17) is 0 Å². The van der Waals surface area contributed by atoms with Gasteiger partial charge in [0, 0.05) is 32.9 Å². The molecule has 1 rings (SSSR count). The number of guanidine groups is 1. The van der Waals surface area contributed by atoms with Crippen molar-refractivity contribution in [2.75, 3.05) is 32.6 Å². The molecular weight excluding hydrogens is 242 g/mol. The smallest absolute Gasteiger partial charge is 0.193 e. The molecule has 0 aliphatic carbocycles. The van der Waals surface area contributed by atoms with Crippen molar-refractivity contribution in [3.05, 3.63) is 35.4 Å². The third-order valence-electron chi connectivity index (χ3n) is 2.83. The molecule has 0 saturated carbocycles. The average Bonchev–Trinajstić information content (AvgIpc) is 2.37. The molecule has 4 heteroatoms. The van der Waals surface area contributed by atoms with Crippen molar-refractivity contribution in [2.45, 2.75) is 13.5 Å². The van der Waals surface area contributed by atoms with Crippen molar-refractivity contribution in [2.24, 2.45) is 4.99 Å². The molecule has 3 nitrogen and oxygen atoms in total. The van der Waals surface area contributed by atoms with Gasteiger partial charge in [-0.3, -0.25) is 4.99 Å². The summed E-state index contributed by atoms with van der Waals surface area (Å²) in [5.41, 5.74) is 2.66. The fraction of sp³-hybridized carbons (Fsp3) is 0.500. The molecule has 0 bridgehead atoms. The molecule has 0 aliphatic heterocycles. The van der Waals surface area contributed by atoms with Crippen LogP contribution in [0.5, 0.6) is 0 Å². The van der Waals surface area contributed by atoms with Gasteiger partial charge in [0.2, 0.25) is 0 Å². The van der Waals surface area contributed by atoms with Crippen molar-refractivity contribution < 1.29 is 0 Å². The second-order valence-electron chi connectivity index (χ2n) is 4.25. The summed E-state index contributed by atoms with van der Waals surface area (Å²) < 4.78 is 0. The first kappa shape index (κ1) is 14.9. The highest BCUT2D eigenvalue weighted by molar-refractivity contribution is 7.98. The molecule has 100 valence electrons. The molecule has 1 aromatic carbocycles. The maximum absolute atomic E-state index is 4.31. The second kappa shape index (κ2) is 8.03. The summed E-state index contributed by atoms with van der Waals surface area (Å²) in [6.07, 6.45) is 2.11. The summed E-state index contributed by atoms with van der Waals surface area (Å²) >= 11 is 1.84. The van der Waals surface area contributed by atoms with Crippen LogP contribution < -0.4 is 5.32 Å². The van der Waals surface area contributed by atoms with Gasteiger partial charge in [-0.1, -0.05) is 24.3 Å². The second-order valence-corrected chi connectivity index (χ2v) is 5.23. The summed E-state index contributed by atoms with van der Waals surface area (Å²) in [5, 5.41) is 3.36. The minimum absolute atomic E-state index is 0.881. The number of rotatable bonds is 5. The van der Waals surface area contributed by atoms with E-state index in [0.717, 1.165) is 24.8 Å². The van der Waals surface area contributed by atoms with Crippen molar-refractivity contribution in [3.63, 3.8) is 0 Å². The molecule has 0 atom stereocenters. The van der Waals surface area contributed by atoms with Crippen LogP contribution in [-0.4, -0.2) is 43.5 Å². The number of aliphatic imine (C=N–C) groups is 1. The summed E-state index contributed by atoms with van der Waals surface area (Å²) in [7, 11) is 3.90. The monoisotopic (exact) mass is 265 g/mol. The first-order chi connectivity index (χ1) is 8.69. The SMILES string of the molecule is CN=C(NCCSC)N(C)Cc1ccccc1C. The molecule has 0 aromatic heterocycles. The predicted molar refractivity (Wildman–Crippen MR) is 82.4 cm³/mol. The molecule has 0 aliphatic rings. The van der Waals surface area contributed by atoms with Gasteiger partial charge in [-0.2, -0.15) is 11.8 Å². The largest absolute Gasteiger partial charge is 0.355 e. The van der Waals surface area contributed by atoms with Crippen molar-refractivity contribution in [1.29, 1.82) is 0 Å². The van der Waals surface area contributed by atoms with Crippen LogP contribution in [0.25, 0.3) is 0 Å². The molecule has 0 saturated heterocycles. The van der Waals surface area contributed by atoms with Crippen LogP contribution in [0, 0.1) is 6.92 Å². The minimum atomic E-state index is 0.881. The Morgan fingerprint density at radius 3 is 2.72 bits per heavy atom. The van der Waals surface area contributed by atoms with E-state index >= 15 is 0 Å². The van der Waals surface area contributed by atoms with Gasteiger partial charge >= 0.3 is 0 Å². The van der Waals surface area contributed by atoms with Gasteiger partial charge in [0.05, 0.1) is 0 Å². The number of nitrogens with one attached hydrogen (secondary N) is 1. The lowest BCUT2D eigenvalue weighted by molar-refractivity contribution is 0.478. The first-order valence-corrected chi connectivity index (χ1v) is 7.53. The zero-order valence-corrected chi connectivity index (χ0v) is 12.5.